The second kappa shape index (κ2) is 4.50. The van der Waals surface area contributed by atoms with E-state index in [4.69, 9.17) is 0 Å². The molecule has 1 aliphatic rings. The fraction of sp³-hybridized carbons (Fsp3) is 0.250. The predicted molar refractivity (Wildman–Crippen MR) is 72.8 cm³/mol. The zero-order valence-corrected chi connectivity index (χ0v) is 10.5. The zero-order chi connectivity index (χ0) is 13.3. The molecule has 0 aliphatic heterocycles. The van der Waals surface area contributed by atoms with Crippen LogP contribution in [0.25, 0.3) is 11.1 Å². The van der Waals surface area contributed by atoms with Crippen LogP contribution in [0.4, 0.5) is 0 Å². The summed E-state index contributed by atoms with van der Waals surface area (Å²) in [7, 11) is 0. The largest absolute Gasteiger partial charge is 0.481 e. The van der Waals surface area contributed by atoms with Crippen LogP contribution < -0.4 is 0 Å². The minimum Gasteiger partial charge on any atom is -0.481 e. The van der Waals surface area contributed by atoms with Crippen LogP contribution in [-0.4, -0.2) is 16.1 Å². The summed E-state index contributed by atoms with van der Waals surface area (Å²) in [6.07, 6.45) is 4.05. The number of benzene rings is 1. The summed E-state index contributed by atoms with van der Waals surface area (Å²) < 4.78 is 0. The third-order valence-corrected chi connectivity index (χ3v) is 3.97. The van der Waals surface area contributed by atoms with Gasteiger partial charge in [0.1, 0.15) is 5.41 Å². The van der Waals surface area contributed by atoms with Gasteiger partial charge in [-0.15, -0.1) is 0 Å². The molecule has 96 valence electrons. The van der Waals surface area contributed by atoms with Crippen molar-refractivity contribution >= 4 is 5.97 Å². The van der Waals surface area contributed by atoms with E-state index in [9.17, 15) is 9.90 Å². The molecule has 1 aromatic carbocycles. The maximum absolute atomic E-state index is 11.5. The summed E-state index contributed by atoms with van der Waals surface area (Å²) in [6, 6.07) is 13.8. The Hall–Kier alpha value is -2.16. The summed E-state index contributed by atoms with van der Waals surface area (Å²) >= 11 is 0. The molecule has 3 rings (SSSR count). The van der Waals surface area contributed by atoms with Gasteiger partial charge in [0, 0.05) is 6.20 Å². The molecular formula is C16H15NO2. The van der Waals surface area contributed by atoms with E-state index in [0.29, 0.717) is 18.5 Å². The molecule has 1 aromatic heterocycles. The van der Waals surface area contributed by atoms with E-state index in [2.05, 4.69) is 4.98 Å². The summed E-state index contributed by atoms with van der Waals surface area (Å²) in [6.45, 7) is 0. The molecule has 0 unspecified atom stereocenters. The van der Waals surface area contributed by atoms with Crippen molar-refractivity contribution in [1.29, 1.82) is 0 Å². The lowest BCUT2D eigenvalue weighted by Crippen LogP contribution is -2.43. The lowest BCUT2D eigenvalue weighted by Gasteiger charge is -2.37. The highest BCUT2D eigenvalue weighted by molar-refractivity contribution is 5.82. The van der Waals surface area contributed by atoms with Crippen molar-refractivity contribution in [2.45, 2.75) is 24.7 Å². The minimum absolute atomic E-state index is 0.688. The Morgan fingerprint density at radius 1 is 1.11 bits per heavy atom. The Labute approximate surface area is 111 Å². The van der Waals surface area contributed by atoms with Gasteiger partial charge in [0.2, 0.25) is 0 Å². The number of carboxylic acid groups (broad SMARTS) is 1. The highest BCUT2D eigenvalue weighted by Crippen LogP contribution is 2.43. The van der Waals surface area contributed by atoms with Crippen LogP contribution in [0.2, 0.25) is 0 Å². The Morgan fingerprint density at radius 2 is 1.84 bits per heavy atom. The van der Waals surface area contributed by atoms with Crippen LogP contribution in [0.5, 0.6) is 0 Å². The first kappa shape index (κ1) is 11.9. The average molecular weight is 253 g/mol. The van der Waals surface area contributed by atoms with Crippen LogP contribution in [-0.2, 0) is 10.2 Å². The first-order chi connectivity index (χ1) is 9.22. The van der Waals surface area contributed by atoms with E-state index in [1.54, 1.807) is 6.20 Å². The van der Waals surface area contributed by atoms with Crippen LogP contribution in [0, 0.1) is 0 Å². The van der Waals surface area contributed by atoms with Crippen molar-refractivity contribution in [2.75, 3.05) is 0 Å². The normalized spacial score (nSPS) is 16.6. The van der Waals surface area contributed by atoms with E-state index >= 15 is 0 Å². The van der Waals surface area contributed by atoms with Gasteiger partial charge in [0.05, 0.1) is 5.69 Å². The highest BCUT2D eigenvalue weighted by Gasteiger charge is 2.47. The molecule has 0 bridgehead atoms. The molecule has 3 heteroatoms. The molecule has 19 heavy (non-hydrogen) atoms. The van der Waals surface area contributed by atoms with E-state index in [1.807, 2.05) is 42.5 Å². The number of aromatic nitrogens is 1. The number of rotatable bonds is 3. The van der Waals surface area contributed by atoms with Crippen molar-refractivity contribution in [1.82, 2.24) is 4.98 Å². The standard InChI is InChI=1S/C16H15NO2/c18-15(19)16(8-4-9-16)14-11-13(7-10-17-14)12-5-2-1-3-6-12/h1-3,5-7,10-11H,4,8-9H2,(H,18,19). The molecule has 3 nitrogen and oxygen atoms in total. The number of nitrogens with zero attached hydrogens (tertiary/aromatic N) is 1. The second-order valence-corrected chi connectivity index (χ2v) is 5.04. The monoisotopic (exact) mass is 253 g/mol. The zero-order valence-electron chi connectivity index (χ0n) is 10.5. The summed E-state index contributed by atoms with van der Waals surface area (Å²) in [5, 5.41) is 9.46. The van der Waals surface area contributed by atoms with Crippen molar-refractivity contribution in [3.05, 3.63) is 54.4 Å². The quantitative estimate of drug-likeness (QED) is 0.913. The minimum atomic E-state index is -0.759. The molecule has 0 spiro atoms. The smallest absolute Gasteiger partial charge is 0.315 e. The number of hydrogen-bond acceptors (Lipinski definition) is 2. The predicted octanol–water partition coefficient (Wildman–Crippen LogP) is 3.25. The van der Waals surface area contributed by atoms with Crippen LogP contribution in [0.3, 0.4) is 0 Å². The first-order valence-corrected chi connectivity index (χ1v) is 6.48. The van der Waals surface area contributed by atoms with Gasteiger partial charge in [-0.3, -0.25) is 9.78 Å². The first-order valence-electron chi connectivity index (χ1n) is 6.48. The van der Waals surface area contributed by atoms with Crippen molar-refractivity contribution in [2.24, 2.45) is 0 Å². The van der Waals surface area contributed by atoms with Gasteiger partial charge in [-0.25, -0.2) is 0 Å². The maximum atomic E-state index is 11.5. The Balaban J connectivity index is 2.03. The van der Waals surface area contributed by atoms with Gasteiger partial charge in [-0.05, 0) is 36.1 Å². The number of carbonyl (C=O) groups is 1. The highest BCUT2D eigenvalue weighted by atomic mass is 16.4. The third-order valence-electron chi connectivity index (χ3n) is 3.97. The fourth-order valence-electron chi connectivity index (χ4n) is 2.61. The van der Waals surface area contributed by atoms with Gasteiger partial charge < -0.3 is 5.11 Å². The number of pyridine rings is 1. The molecule has 0 radical (unpaired) electrons. The Morgan fingerprint density at radius 3 is 2.42 bits per heavy atom. The molecule has 0 amide bonds. The fourth-order valence-corrected chi connectivity index (χ4v) is 2.61. The maximum Gasteiger partial charge on any atom is 0.315 e. The van der Waals surface area contributed by atoms with Crippen LogP contribution in [0.1, 0.15) is 25.0 Å². The molecule has 1 N–H and O–H groups in total. The Kier molecular flexibility index (Phi) is 2.82. The average Bonchev–Trinajstić information content (AvgIpc) is 2.38. The van der Waals surface area contributed by atoms with Crippen molar-refractivity contribution in [3.63, 3.8) is 0 Å². The molecule has 1 saturated carbocycles. The molecule has 1 heterocycles. The van der Waals surface area contributed by atoms with E-state index in [1.165, 1.54) is 0 Å². The molecule has 1 aliphatic carbocycles. The van der Waals surface area contributed by atoms with Crippen LogP contribution in [0.15, 0.2) is 48.7 Å². The summed E-state index contributed by atoms with van der Waals surface area (Å²) in [4.78, 5) is 15.8. The molecular weight excluding hydrogens is 238 g/mol. The molecule has 0 saturated heterocycles. The lowest BCUT2D eigenvalue weighted by atomic mass is 9.66. The van der Waals surface area contributed by atoms with E-state index in [-0.39, 0.29) is 0 Å². The van der Waals surface area contributed by atoms with Crippen molar-refractivity contribution in [3.8, 4) is 11.1 Å². The van der Waals surface area contributed by atoms with Crippen LogP contribution >= 0.6 is 0 Å². The van der Waals surface area contributed by atoms with Gasteiger partial charge in [0.25, 0.3) is 0 Å². The van der Waals surface area contributed by atoms with Crippen molar-refractivity contribution < 1.29 is 9.90 Å². The van der Waals surface area contributed by atoms with Gasteiger partial charge in [0.15, 0.2) is 0 Å². The Bertz CT molecular complexity index is 603. The summed E-state index contributed by atoms with van der Waals surface area (Å²) in [5.74, 6) is -0.753. The second-order valence-electron chi connectivity index (χ2n) is 5.04. The third kappa shape index (κ3) is 1.91. The number of hydrogen-bond donors (Lipinski definition) is 1. The topological polar surface area (TPSA) is 50.2 Å². The van der Waals surface area contributed by atoms with Gasteiger partial charge >= 0.3 is 5.97 Å². The van der Waals surface area contributed by atoms with Gasteiger partial charge in [-0.2, -0.15) is 0 Å². The molecule has 0 atom stereocenters. The molecule has 2 aromatic rings. The number of aliphatic carboxylic acids is 1. The summed E-state index contributed by atoms with van der Waals surface area (Å²) in [5.41, 5.74) is 2.04. The molecule has 1 fully saturated rings. The van der Waals surface area contributed by atoms with Gasteiger partial charge in [-0.1, -0.05) is 36.8 Å². The SMILES string of the molecule is O=C(O)C1(c2cc(-c3ccccc3)ccn2)CCC1. The number of carboxylic acids is 1. The van der Waals surface area contributed by atoms with E-state index < -0.39 is 11.4 Å². The lowest BCUT2D eigenvalue weighted by molar-refractivity contribution is -0.147. The van der Waals surface area contributed by atoms with E-state index in [0.717, 1.165) is 17.5 Å².